The molecule has 2 N–H and O–H groups in total. The fourth-order valence-corrected chi connectivity index (χ4v) is 2.83. The van der Waals surface area contributed by atoms with Crippen LogP contribution in [0.4, 0.5) is 0 Å². The first kappa shape index (κ1) is 28.1. The highest BCUT2D eigenvalue weighted by Crippen LogP contribution is 2.13. The summed E-state index contributed by atoms with van der Waals surface area (Å²) in [5.74, 6) is -1.45. The molecule has 6 heteroatoms. The molecule has 0 aliphatic carbocycles. The predicted octanol–water partition coefficient (Wildman–Crippen LogP) is 4.09. The van der Waals surface area contributed by atoms with Gasteiger partial charge in [-0.3, -0.25) is 9.69 Å². The van der Waals surface area contributed by atoms with E-state index in [9.17, 15) is 9.59 Å². The zero-order valence-electron chi connectivity index (χ0n) is 18.7. The van der Waals surface area contributed by atoms with Crippen LogP contribution in [0.15, 0.2) is 0 Å². The van der Waals surface area contributed by atoms with E-state index in [0.29, 0.717) is 4.48 Å². The molecule has 0 bridgehead atoms. The maximum atomic E-state index is 11.0. The Kier molecular flexibility index (Phi) is 17.7. The summed E-state index contributed by atoms with van der Waals surface area (Å²) in [5, 5.41) is 17.3. The molecule has 0 fully saturated rings. The second-order valence-electron chi connectivity index (χ2n) is 8.63. The summed E-state index contributed by atoms with van der Waals surface area (Å²) in [4.78, 5) is 22.8. The topological polar surface area (TPSA) is 77.8 Å². The van der Waals surface area contributed by atoms with Crippen molar-refractivity contribution in [3.63, 3.8) is 0 Å². The first-order valence-corrected chi connectivity index (χ1v) is 10.4. The third-order valence-corrected chi connectivity index (χ3v) is 4.35. The lowest BCUT2D eigenvalue weighted by Gasteiger charge is -2.20. The van der Waals surface area contributed by atoms with E-state index in [4.69, 9.17) is 10.2 Å². The highest BCUT2D eigenvalue weighted by Gasteiger charge is 2.18. The van der Waals surface area contributed by atoms with Crippen molar-refractivity contribution in [1.29, 1.82) is 0 Å². The number of nitrogens with zero attached hydrogens (tertiary/aromatic N) is 2. The highest BCUT2D eigenvalue weighted by atomic mass is 16.4. The number of likely N-dealkylation sites (N-methyl/N-ethyl adjacent to an activating group) is 2. The maximum absolute atomic E-state index is 11.0. The Morgan fingerprint density at radius 1 is 0.815 bits per heavy atom. The number of unbranched alkanes of at least 4 members (excludes halogenated alkanes) is 9. The molecule has 0 aromatic carbocycles. The Morgan fingerprint density at radius 2 is 1.22 bits per heavy atom. The first-order valence-electron chi connectivity index (χ1n) is 10.4. The molecular weight excluding hydrogens is 344 g/mol. The van der Waals surface area contributed by atoms with Crippen LogP contribution >= 0.6 is 0 Å². The van der Waals surface area contributed by atoms with Crippen LogP contribution in [0.3, 0.4) is 0 Å². The fraction of sp³-hybridized carbons (Fsp3) is 0.905. The largest absolute Gasteiger partial charge is 0.480 e. The summed E-state index contributed by atoms with van der Waals surface area (Å²) in [6, 6.07) is -0.311. The molecule has 0 saturated heterocycles. The minimum Gasteiger partial charge on any atom is -0.480 e. The van der Waals surface area contributed by atoms with Gasteiger partial charge in [0.2, 0.25) is 0 Å². The van der Waals surface area contributed by atoms with Crippen LogP contribution in [0.2, 0.25) is 0 Å². The molecule has 0 spiro atoms. The molecule has 0 aromatic rings. The molecular formula is C21H45N2O4+. The van der Waals surface area contributed by atoms with Crippen molar-refractivity contribution >= 4 is 11.9 Å². The van der Waals surface area contributed by atoms with Crippen molar-refractivity contribution in [3.05, 3.63) is 0 Å². The Bertz CT molecular complexity index is 379. The van der Waals surface area contributed by atoms with Gasteiger partial charge in [0.1, 0.15) is 6.04 Å². The lowest BCUT2D eigenvalue weighted by atomic mass is 10.0. The van der Waals surface area contributed by atoms with Gasteiger partial charge >= 0.3 is 11.9 Å². The van der Waals surface area contributed by atoms with Crippen LogP contribution < -0.4 is 0 Å². The maximum Gasteiger partial charge on any atom is 0.359 e. The number of aliphatic carboxylic acids is 2. The number of rotatable bonds is 15. The van der Waals surface area contributed by atoms with Crippen molar-refractivity contribution in [3.8, 4) is 0 Å². The number of carbonyl (C=O) groups is 2. The third kappa shape index (κ3) is 22.8. The van der Waals surface area contributed by atoms with E-state index in [1.165, 1.54) is 57.8 Å². The summed E-state index contributed by atoms with van der Waals surface area (Å²) >= 11 is 0. The summed E-state index contributed by atoms with van der Waals surface area (Å²) in [6.07, 6.45) is 13.7. The number of carboxylic acid groups (broad SMARTS) is 2. The molecule has 0 heterocycles. The number of quaternary nitrogens is 1. The van der Waals surface area contributed by atoms with E-state index >= 15 is 0 Å². The molecule has 0 saturated carbocycles. The summed E-state index contributed by atoms with van der Waals surface area (Å²) in [7, 11) is 9.21. The van der Waals surface area contributed by atoms with Crippen molar-refractivity contribution < 1.29 is 24.3 Å². The lowest BCUT2D eigenvalue weighted by Crippen LogP contribution is -2.39. The van der Waals surface area contributed by atoms with E-state index in [-0.39, 0.29) is 12.6 Å². The van der Waals surface area contributed by atoms with Crippen molar-refractivity contribution in [2.24, 2.45) is 0 Å². The van der Waals surface area contributed by atoms with Gasteiger partial charge in [0, 0.05) is 0 Å². The smallest absolute Gasteiger partial charge is 0.359 e. The van der Waals surface area contributed by atoms with Gasteiger partial charge in [-0.2, -0.15) is 0 Å². The molecule has 27 heavy (non-hydrogen) atoms. The van der Waals surface area contributed by atoms with Crippen LogP contribution in [0, 0.1) is 0 Å². The number of carboxylic acids is 2. The fourth-order valence-electron chi connectivity index (χ4n) is 2.83. The van der Waals surface area contributed by atoms with E-state index < -0.39 is 11.9 Å². The monoisotopic (exact) mass is 389 g/mol. The average molecular weight is 390 g/mol. The zero-order chi connectivity index (χ0) is 21.3. The van der Waals surface area contributed by atoms with Gasteiger partial charge in [0.15, 0.2) is 6.54 Å². The minimum absolute atomic E-state index is 0.181. The minimum atomic E-state index is -0.752. The van der Waals surface area contributed by atoms with Crippen LogP contribution in [0.1, 0.15) is 77.6 Å². The van der Waals surface area contributed by atoms with E-state index in [1.54, 1.807) is 4.90 Å². The third-order valence-electron chi connectivity index (χ3n) is 4.35. The summed E-state index contributed by atoms with van der Waals surface area (Å²) in [5.41, 5.74) is 0. The van der Waals surface area contributed by atoms with Gasteiger partial charge in [-0.1, -0.05) is 71.1 Å². The molecule has 0 aliphatic rings. The van der Waals surface area contributed by atoms with Gasteiger partial charge < -0.3 is 14.7 Å². The van der Waals surface area contributed by atoms with E-state index in [0.717, 1.165) is 12.8 Å². The van der Waals surface area contributed by atoms with Crippen molar-refractivity contribution in [2.75, 3.05) is 41.8 Å². The molecule has 0 radical (unpaired) electrons. The molecule has 0 aromatic heterocycles. The van der Waals surface area contributed by atoms with Crippen LogP contribution in [0.5, 0.6) is 0 Å². The molecule has 162 valence electrons. The Hall–Kier alpha value is -1.14. The van der Waals surface area contributed by atoms with Crippen molar-refractivity contribution in [1.82, 2.24) is 4.90 Å². The standard InChI is InChI=1S/C16H33NO2.C5H11NO2/c1-4-5-6-7-8-9-10-11-12-13-14-15(16(18)19)17(2)3;1-6(2,3)4-5(7)8/h15H,4-14H2,1-3H3,(H,18,19);4H2,1-3H3/p+1. The molecule has 1 atom stereocenters. The summed E-state index contributed by atoms with van der Waals surface area (Å²) in [6.45, 7) is 2.43. The second-order valence-corrected chi connectivity index (χ2v) is 8.63. The van der Waals surface area contributed by atoms with Gasteiger partial charge in [-0.15, -0.1) is 0 Å². The second kappa shape index (κ2) is 17.0. The molecule has 6 nitrogen and oxygen atoms in total. The quantitative estimate of drug-likeness (QED) is 0.326. The van der Waals surface area contributed by atoms with Crippen molar-refractivity contribution in [2.45, 2.75) is 83.6 Å². The SMILES string of the molecule is CCCCCCCCCCCCC(C(=O)O)N(C)C.C[N+](C)(C)CC(=O)O. The van der Waals surface area contributed by atoms with Crippen LogP contribution in [0.25, 0.3) is 0 Å². The van der Waals surface area contributed by atoms with Gasteiger partial charge in [0.05, 0.1) is 21.1 Å². The van der Waals surface area contributed by atoms with Gasteiger partial charge in [0.25, 0.3) is 0 Å². The normalized spacial score (nSPS) is 12.4. The Morgan fingerprint density at radius 3 is 1.48 bits per heavy atom. The zero-order valence-corrected chi connectivity index (χ0v) is 18.7. The Balaban J connectivity index is 0. The van der Waals surface area contributed by atoms with E-state index in [1.807, 2.05) is 35.2 Å². The lowest BCUT2D eigenvalue weighted by molar-refractivity contribution is -0.862. The Labute approximate surface area is 167 Å². The first-order chi connectivity index (χ1) is 12.5. The highest BCUT2D eigenvalue weighted by molar-refractivity contribution is 5.73. The van der Waals surface area contributed by atoms with Gasteiger partial charge in [-0.05, 0) is 20.5 Å². The molecule has 0 amide bonds. The molecule has 0 aliphatic heterocycles. The van der Waals surface area contributed by atoms with Crippen LogP contribution in [-0.2, 0) is 9.59 Å². The molecule has 1 unspecified atom stereocenters. The number of hydrogen-bond acceptors (Lipinski definition) is 3. The average Bonchev–Trinajstić information content (AvgIpc) is 2.50. The number of hydrogen-bond donors (Lipinski definition) is 2. The van der Waals surface area contributed by atoms with Crippen LogP contribution in [-0.4, -0.2) is 79.4 Å². The van der Waals surface area contributed by atoms with E-state index in [2.05, 4.69) is 6.92 Å². The van der Waals surface area contributed by atoms with Gasteiger partial charge in [-0.25, -0.2) is 4.79 Å². The predicted molar refractivity (Wildman–Crippen MR) is 112 cm³/mol. The summed E-state index contributed by atoms with van der Waals surface area (Å²) < 4.78 is 0.481. The molecule has 0 rings (SSSR count).